The number of nitrogens with two attached hydrogens (primary N) is 1. The summed E-state index contributed by atoms with van der Waals surface area (Å²) in [6.45, 7) is 7.62. The SMILES string of the molecule is CCn1nccc1N(C=O)[C@H](C(=O)Nc1ccc([C@H](C)[C@@H](N)C(=O)N2CCN(C)CC2)cc1)C1CCCCC1. The Hall–Kier alpha value is -3.24. The molecule has 10 heteroatoms. The Morgan fingerprint density at radius 2 is 1.77 bits per heavy atom. The number of benzene rings is 1. The van der Waals surface area contributed by atoms with Crippen molar-refractivity contribution in [3.63, 3.8) is 0 Å². The molecule has 1 saturated heterocycles. The second-order valence-electron chi connectivity index (χ2n) is 10.9. The number of rotatable bonds is 10. The van der Waals surface area contributed by atoms with E-state index >= 15 is 0 Å². The van der Waals surface area contributed by atoms with Crippen LogP contribution in [0.25, 0.3) is 0 Å². The molecule has 0 spiro atoms. The Morgan fingerprint density at radius 3 is 2.38 bits per heavy atom. The summed E-state index contributed by atoms with van der Waals surface area (Å²) in [4.78, 5) is 44.6. The van der Waals surface area contributed by atoms with Gasteiger partial charge in [0.15, 0.2) is 0 Å². The number of nitrogens with zero attached hydrogens (tertiary/aromatic N) is 5. The van der Waals surface area contributed by atoms with Crippen LogP contribution < -0.4 is 16.0 Å². The maximum Gasteiger partial charge on any atom is 0.247 e. The van der Waals surface area contributed by atoms with Crippen LogP contribution in [0, 0.1) is 5.92 Å². The lowest BCUT2D eigenvalue weighted by Crippen LogP contribution is -2.53. The molecule has 1 aromatic carbocycles. The average Bonchev–Trinajstić information content (AvgIpc) is 3.44. The van der Waals surface area contributed by atoms with Gasteiger partial charge < -0.3 is 20.9 Å². The monoisotopic (exact) mass is 537 g/mol. The molecule has 1 aliphatic heterocycles. The molecule has 2 heterocycles. The van der Waals surface area contributed by atoms with Gasteiger partial charge >= 0.3 is 0 Å². The molecule has 39 heavy (non-hydrogen) atoms. The van der Waals surface area contributed by atoms with Gasteiger partial charge in [0.25, 0.3) is 0 Å². The first-order chi connectivity index (χ1) is 18.8. The van der Waals surface area contributed by atoms with E-state index in [4.69, 9.17) is 5.73 Å². The normalized spacial score (nSPS) is 19.2. The molecule has 4 rings (SSSR count). The summed E-state index contributed by atoms with van der Waals surface area (Å²) < 4.78 is 1.74. The third-order valence-electron chi connectivity index (χ3n) is 8.38. The van der Waals surface area contributed by atoms with Gasteiger partial charge in [0.2, 0.25) is 18.2 Å². The summed E-state index contributed by atoms with van der Waals surface area (Å²) in [5, 5.41) is 7.35. The number of carbonyl (C=O) groups excluding carboxylic acids is 3. The van der Waals surface area contributed by atoms with Crippen molar-refractivity contribution in [2.75, 3.05) is 43.4 Å². The van der Waals surface area contributed by atoms with Gasteiger partial charge in [-0.05, 0) is 50.4 Å². The molecule has 0 bridgehead atoms. The first kappa shape index (κ1) is 28.8. The number of anilines is 2. The smallest absolute Gasteiger partial charge is 0.247 e. The number of hydrogen-bond acceptors (Lipinski definition) is 6. The molecule has 0 unspecified atom stereocenters. The second kappa shape index (κ2) is 13.2. The van der Waals surface area contributed by atoms with Crippen molar-refractivity contribution in [2.24, 2.45) is 11.7 Å². The van der Waals surface area contributed by atoms with Crippen molar-refractivity contribution in [1.29, 1.82) is 0 Å². The van der Waals surface area contributed by atoms with Crippen LogP contribution in [0.1, 0.15) is 57.4 Å². The summed E-state index contributed by atoms with van der Waals surface area (Å²) in [6, 6.07) is 8.04. The largest absolute Gasteiger partial charge is 0.339 e. The van der Waals surface area contributed by atoms with E-state index in [1.54, 1.807) is 21.8 Å². The van der Waals surface area contributed by atoms with Crippen LogP contribution in [0.3, 0.4) is 0 Å². The van der Waals surface area contributed by atoms with Gasteiger partial charge in [0.1, 0.15) is 11.9 Å². The Balaban J connectivity index is 1.46. The standard InChI is InChI=1S/C29H43N7O3/c1-4-36-25(14-15-31-36)35(20-37)27(23-8-6-5-7-9-23)28(38)32-24-12-10-22(11-13-24)21(2)26(30)29(39)34-18-16-33(3)17-19-34/h10-15,20-21,23,26-27H,4-9,16-19,30H2,1-3H3,(H,32,38)/t21-,26+,27-/m0/s1. The fraction of sp³-hybridized carbons (Fsp3) is 0.586. The van der Waals surface area contributed by atoms with E-state index in [9.17, 15) is 14.4 Å². The van der Waals surface area contributed by atoms with Gasteiger partial charge in [-0.15, -0.1) is 0 Å². The Labute approximate surface area is 231 Å². The van der Waals surface area contributed by atoms with E-state index < -0.39 is 12.1 Å². The Morgan fingerprint density at radius 1 is 1.10 bits per heavy atom. The minimum Gasteiger partial charge on any atom is -0.339 e. The highest BCUT2D eigenvalue weighted by Gasteiger charge is 2.36. The second-order valence-corrected chi connectivity index (χ2v) is 10.9. The van der Waals surface area contributed by atoms with E-state index in [2.05, 4.69) is 22.4 Å². The first-order valence-corrected chi connectivity index (χ1v) is 14.2. The van der Waals surface area contributed by atoms with Gasteiger partial charge in [-0.3, -0.25) is 19.3 Å². The zero-order valence-corrected chi connectivity index (χ0v) is 23.5. The number of nitrogens with one attached hydrogen (secondary N) is 1. The molecule has 1 saturated carbocycles. The topological polar surface area (TPSA) is 117 Å². The third kappa shape index (κ3) is 6.67. The summed E-state index contributed by atoms with van der Waals surface area (Å²) in [6.07, 6.45) is 7.46. The molecule has 0 radical (unpaired) electrons. The van der Waals surface area contributed by atoms with Crippen LogP contribution in [0.2, 0.25) is 0 Å². The maximum absolute atomic E-state index is 13.7. The predicted molar refractivity (Wildman–Crippen MR) is 152 cm³/mol. The molecule has 3 N–H and O–H groups in total. The first-order valence-electron chi connectivity index (χ1n) is 14.2. The van der Waals surface area contributed by atoms with Crippen LogP contribution in [-0.4, -0.2) is 83.1 Å². The zero-order valence-electron chi connectivity index (χ0n) is 23.5. The third-order valence-corrected chi connectivity index (χ3v) is 8.38. The minimum atomic E-state index is -0.630. The summed E-state index contributed by atoms with van der Waals surface area (Å²) in [5.41, 5.74) is 7.98. The number of piperazine rings is 1. The van der Waals surface area contributed by atoms with Gasteiger partial charge in [-0.25, -0.2) is 4.68 Å². The highest BCUT2D eigenvalue weighted by Crippen LogP contribution is 2.32. The van der Waals surface area contributed by atoms with Crippen LogP contribution in [0.5, 0.6) is 0 Å². The van der Waals surface area contributed by atoms with E-state index in [1.165, 1.54) is 0 Å². The predicted octanol–water partition coefficient (Wildman–Crippen LogP) is 2.66. The molecule has 1 aliphatic carbocycles. The lowest BCUT2D eigenvalue weighted by atomic mass is 9.82. The van der Waals surface area contributed by atoms with Crippen molar-refractivity contribution >= 4 is 29.7 Å². The van der Waals surface area contributed by atoms with Crippen LogP contribution in [0.15, 0.2) is 36.5 Å². The Kier molecular flexibility index (Phi) is 9.74. The average molecular weight is 538 g/mol. The lowest BCUT2D eigenvalue weighted by molar-refractivity contribution is -0.134. The number of amides is 3. The van der Waals surface area contributed by atoms with E-state index in [0.717, 1.165) is 57.2 Å². The molecule has 2 fully saturated rings. The molecule has 10 nitrogen and oxygen atoms in total. The quantitative estimate of drug-likeness (QED) is 0.450. The van der Waals surface area contributed by atoms with Gasteiger partial charge in [0, 0.05) is 50.4 Å². The zero-order chi connectivity index (χ0) is 27.9. The van der Waals surface area contributed by atoms with Gasteiger partial charge in [0.05, 0.1) is 12.2 Å². The molecule has 212 valence electrons. The minimum absolute atomic E-state index is 0.0245. The van der Waals surface area contributed by atoms with Crippen molar-refractivity contribution in [1.82, 2.24) is 19.6 Å². The van der Waals surface area contributed by atoms with Crippen molar-refractivity contribution in [3.8, 4) is 0 Å². The fourth-order valence-corrected chi connectivity index (χ4v) is 5.81. The number of aromatic nitrogens is 2. The number of carbonyl (C=O) groups is 3. The van der Waals surface area contributed by atoms with Gasteiger partial charge in [-0.1, -0.05) is 38.3 Å². The summed E-state index contributed by atoms with van der Waals surface area (Å²) in [5.74, 6) is 0.296. The molecule has 3 atom stereocenters. The molecular weight excluding hydrogens is 494 g/mol. The van der Waals surface area contributed by atoms with Gasteiger partial charge in [-0.2, -0.15) is 5.10 Å². The van der Waals surface area contributed by atoms with Crippen molar-refractivity contribution in [3.05, 3.63) is 42.1 Å². The van der Waals surface area contributed by atoms with Crippen LogP contribution >= 0.6 is 0 Å². The highest BCUT2D eigenvalue weighted by molar-refractivity contribution is 6.00. The molecule has 2 aliphatic rings. The van der Waals surface area contributed by atoms with Crippen LogP contribution in [-0.2, 0) is 20.9 Å². The molecule has 2 aromatic rings. The summed E-state index contributed by atoms with van der Waals surface area (Å²) in [7, 11) is 2.05. The van der Waals surface area contributed by atoms with E-state index in [-0.39, 0.29) is 23.7 Å². The summed E-state index contributed by atoms with van der Waals surface area (Å²) >= 11 is 0. The van der Waals surface area contributed by atoms with Crippen molar-refractivity contribution in [2.45, 2.75) is 70.5 Å². The maximum atomic E-state index is 13.7. The fourth-order valence-electron chi connectivity index (χ4n) is 5.81. The molecular formula is C29H43N7O3. The van der Waals surface area contributed by atoms with E-state index in [0.29, 0.717) is 31.1 Å². The Bertz CT molecular complexity index is 1100. The number of aryl methyl sites for hydroxylation is 1. The number of likely N-dealkylation sites (N-methyl/N-ethyl adjacent to an activating group) is 1. The lowest BCUT2D eigenvalue weighted by Gasteiger charge is -2.35. The van der Waals surface area contributed by atoms with Crippen molar-refractivity contribution < 1.29 is 14.4 Å². The number of hydrogen-bond donors (Lipinski definition) is 2. The van der Waals surface area contributed by atoms with Crippen LogP contribution in [0.4, 0.5) is 11.5 Å². The molecule has 3 amide bonds. The molecule has 1 aromatic heterocycles. The highest BCUT2D eigenvalue weighted by atomic mass is 16.2. The van der Waals surface area contributed by atoms with E-state index in [1.807, 2.05) is 43.0 Å².